The summed E-state index contributed by atoms with van der Waals surface area (Å²) in [4.78, 5) is 19.1. The van der Waals surface area contributed by atoms with E-state index in [4.69, 9.17) is 15.5 Å². The van der Waals surface area contributed by atoms with Crippen molar-refractivity contribution in [2.75, 3.05) is 30.4 Å². The molecule has 1 aliphatic heterocycles. The molecule has 178 valence electrons. The van der Waals surface area contributed by atoms with Crippen molar-refractivity contribution in [3.8, 4) is 11.8 Å². The lowest BCUT2D eigenvalue weighted by molar-refractivity contribution is 0.194. The third-order valence-corrected chi connectivity index (χ3v) is 7.27. The number of nitrogens with two attached hydrogens (primary N) is 1. The Labute approximate surface area is 201 Å². The molecule has 1 saturated carbocycles. The fourth-order valence-electron chi connectivity index (χ4n) is 5.43. The van der Waals surface area contributed by atoms with E-state index in [1.807, 2.05) is 12.1 Å². The molecule has 3 atom stereocenters. The van der Waals surface area contributed by atoms with Crippen LogP contribution in [0.15, 0.2) is 41.9 Å². The van der Waals surface area contributed by atoms with Crippen LogP contribution >= 0.6 is 0 Å². The third-order valence-electron chi connectivity index (χ3n) is 7.27. The van der Waals surface area contributed by atoms with Crippen molar-refractivity contribution in [1.82, 2.24) is 15.0 Å². The average molecular weight is 472 g/mol. The van der Waals surface area contributed by atoms with Gasteiger partial charge in [0, 0.05) is 37.6 Å². The summed E-state index contributed by atoms with van der Waals surface area (Å²) < 4.78 is 20.6. The number of halogens is 1. The maximum absolute atomic E-state index is 14.5. The molecular formula is C26H26FN7O. The number of ether oxygens (including phenoxy) is 1. The van der Waals surface area contributed by atoms with Gasteiger partial charge >= 0.3 is 6.01 Å². The van der Waals surface area contributed by atoms with Crippen LogP contribution in [0.4, 0.5) is 21.6 Å². The molecule has 8 nitrogen and oxygen atoms in total. The lowest BCUT2D eigenvalue weighted by Crippen LogP contribution is -2.46. The Morgan fingerprint density at radius 3 is 2.86 bits per heavy atom. The van der Waals surface area contributed by atoms with Crippen LogP contribution in [0.2, 0.25) is 0 Å². The number of nitrogens with one attached hydrogen (secondary N) is 2. The minimum Gasteiger partial charge on any atom is -0.424 e. The van der Waals surface area contributed by atoms with Gasteiger partial charge in [0.25, 0.3) is 0 Å². The summed E-state index contributed by atoms with van der Waals surface area (Å²) in [5.41, 5.74) is 9.76. The molecule has 35 heavy (non-hydrogen) atoms. The van der Waals surface area contributed by atoms with Crippen molar-refractivity contribution < 1.29 is 9.13 Å². The van der Waals surface area contributed by atoms with Gasteiger partial charge in [-0.1, -0.05) is 12.7 Å². The molecule has 2 aromatic heterocycles. The highest BCUT2D eigenvalue weighted by molar-refractivity contribution is 6.14. The lowest BCUT2D eigenvalue weighted by atomic mass is 9.72. The summed E-state index contributed by atoms with van der Waals surface area (Å²) in [5, 5.41) is 4.56. The number of H-pyrrole nitrogens is 1. The molecule has 2 fully saturated rings. The molecular weight excluding hydrogens is 445 g/mol. The molecule has 4 aromatic rings. The van der Waals surface area contributed by atoms with E-state index in [9.17, 15) is 4.39 Å². The Balaban J connectivity index is 1.51. The molecule has 0 spiro atoms. The number of aromatic amines is 1. The van der Waals surface area contributed by atoms with Gasteiger partial charge < -0.3 is 25.7 Å². The second-order valence-electron chi connectivity index (χ2n) is 9.22. The highest BCUT2D eigenvalue weighted by Crippen LogP contribution is 2.44. The number of rotatable bonds is 6. The number of hydrogen-bond acceptors (Lipinski definition) is 7. The minimum absolute atomic E-state index is 0.190. The third kappa shape index (κ3) is 3.42. The van der Waals surface area contributed by atoms with Crippen LogP contribution in [0.25, 0.3) is 28.0 Å². The maximum atomic E-state index is 14.5. The Morgan fingerprint density at radius 1 is 1.29 bits per heavy atom. The standard InChI is InChI=1S/C26H26FN7O/c1-4-13-5-6-16(10-20(13)29-2)35-26-32-24-22(17-8-15(27)9-21(30-3)23(17)31-24)25(33-26)34-11-14-7-19(28)18(14)12-34/h4-6,8-10,14,18-19,30H,1-2,7,11-12,28H2,3H3,(H,31,32,33). The zero-order valence-electron chi connectivity index (χ0n) is 19.4. The van der Waals surface area contributed by atoms with Gasteiger partial charge in [0.05, 0.1) is 22.3 Å². The second kappa shape index (κ2) is 8.06. The first kappa shape index (κ1) is 21.5. The molecule has 0 amide bonds. The van der Waals surface area contributed by atoms with E-state index in [0.717, 1.165) is 47.2 Å². The van der Waals surface area contributed by atoms with Crippen LogP contribution in [-0.2, 0) is 0 Å². The molecule has 3 heterocycles. The molecule has 6 rings (SSSR count). The van der Waals surface area contributed by atoms with Crippen LogP contribution in [0.5, 0.6) is 11.8 Å². The molecule has 1 saturated heterocycles. The van der Waals surface area contributed by atoms with Gasteiger partial charge in [0.1, 0.15) is 23.0 Å². The fourth-order valence-corrected chi connectivity index (χ4v) is 5.43. The highest BCUT2D eigenvalue weighted by atomic mass is 19.1. The molecule has 1 aliphatic carbocycles. The first-order valence-corrected chi connectivity index (χ1v) is 11.6. The van der Waals surface area contributed by atoms with Crippen LogP contribution in [0, 0.1) is 17.7 Å². The van der Waals surface area contributed by atoms with E-state index in [2.05, 4.69) is 38.5 Å². The van der Waals surface area contributed by atoms with E-state index < -0.39 is 0 Å². The van der Waals surface area contributed by atoms with Gasteiger partial charge in [-0.25, -0.2) is 4.39 Å². The predicted molar refractivity (Wildman–Crippen MR) is 139 cm³/mol. The number of fused-ring (bicyclic) bond motifs is 4. The maximum Gasteiger partial charge on any atom is 0.325 e. The van der Waals surface area contributed by atoms with Gasteiger partial charge in [-0.2, -0.15) is 9.97 Å². The quantitative estimate of drug-likeness (QED) is 0.348. The number of aromatic nitrogens is 3. The number of hydrogen-bond donors (Lipinski definition) is 3. The van der Waals surface area contributed by atoms with Crippen LogP contribution in [0.3, 0.4) is 0 Å². The Morgan fingerprint density at radius 2 is 2.14 bits per heavy atom. The summed E-state index contributed by atoms with van der Waals surface area (Å²) in [6.07, 6.45) is 2.72. The first-order chi connectivity index (χ1) is 17.0. The molecule has 4 N–H and O–H groups in total. The largest absolute Gasteiger partial charge is 0.424 e. The van der Waals surface area contributed by atoms with Gasteiger partial charge in [-0.05, 0) is 54.8 Å². The summed E-state index contributed by atoms with van der Waals surface area (Å²) in [7, 11) is 1.76. The molecule has 2 aromatic carbocycles. The van der Waals surface area contributed by atoms with Crippen molar-refractivity contribution in [3.63, 3.8) is 0 Å². The second-order valence-corrected chi connectivity index (χ2v) is 9.22. The monoisotopic (exact) mass is 471 g/mol. The van der Waals surface area contributed by atoms with E-state index in [1.54, 1.807) is 19.2 Å². The molecule has 2 aliphatic rings. The summed E-state index contributed by atoms with van der Waals surface area (Å²) in [5.74, 6) is 1.90. The summed E-state index contributed by atoms with van der Waals surface area (Å²) >= 11 is 0. The van der Waals surface area contributed by atoms with Crippen LogP contribution < -0.4 is 20.7 Å². The minimum atomic E-state index is -0.329. The molecule has 0 radical (unpaired) electrons. The van der Waals surface area contributed by atoms with Gasteiger partial charge in [0.2, 0.25) is 0 Å². The van der Waals surface area contributed by atoms with E-state index >= 15 is 0 Å². The fraction of sp³-hybridized carbons (Fsp3) is 0.269. The molecule has 9 heteroatoms. The van der Waals surface area contributed by atoms with Crippen molar-refractivity contribution in [3.05, 3.63) is 48.3 Å². The zero-order chi connectivity index (χ0) is 24.3. The Kier molecular flexibility index (Phi) is 4.96. The first-order valence-electron chi connectivity index (χ1n) is 11.6. The van der Waals surface area contributed by atoms with Crippen molar-refractivity contribution in [2.24, 2.45) is 22.6 Å². The predicted octanol–water partition coefficient (Wildman–Crippen LogP) is 4.84. The van der Waals surface area contributed by atoms with Crippen molar-refractivity contribution in [1.29, 1.82) is 0 Å². The van der Waals surface area contributed by atoms with Crippen LogP contribution in [-0.4, -0.2) is 47.8 Å². The van der Waals surface area contributed by atoms with Crippen LogP contribution in [0.1, 0.15) is 12.0 Å². The average Bonchev–Trinajstić information content (AvgIpc) is 3.40. The molecule has 0 bridgehead atoms. The van der Waals surface area contributed by atoms with Crippen molar-refractivity contribution in [2.45, 2.75) is 12.5 Å². The number of benzene rings is 2. The normalized spacial score (nSPS) is 21.1. The Hall–Kier alpha value is -3.98. The van der Waals surface area contributed by atoms with Crippen molar-refractivity contribution >= 4 is 51.9 Å². The summed E-state index contributed by atoms with van der Waals surface area (Å²) in [6, 6.07) is 8.82. The zero-order valence-corrected chi connectivity index (χ0v) is 19.4. The number of aliphatic imine (C=N–C) groups is 1. The highest BCUT2D eigenvalue weighted by Gasteiger charge is 2.46. The van der Waals surface area contributed by atoms with Gasteiger partial charge in [-0.15, -0.1) is 0 Å². The SMILES string of the molecule is C=Cc1ccc(Oc2nc(N3CC4CC(N)C4C3)c3c(n2)[nH]c2c(NC)cc(F)cc23)cc1N=C. The number of anilines is 2. The smallest absolute Gasteiger partial charge is 0.325 e. The molecule has 3 unspecified atom stereocenters. The lowest BCUT2D eigenvalue weighted by Gasteiger charge is -2.36. The summed E-state index contributed by atoms with van der Waals surface area (Å²) in [6.45, 7) is 9.08. The van der Waals surface area contributed by atoms with E-state index in [1.165, 1.54) is 12.1 Å². The number of nitrogens with zero attached hydrogens (tertiary/aromatic N) is 4. The van der Waals surface area contributed by atoms with Gasteiger partial charge in [-0.3, -0.25) is 4.99 Å². The van der Waals surface area contributed by atoms with E-state index in [0.29, 0.717) is 34.6 Å². The van der Waals surface area contributed by atoms with Gasteiger partial charge in [0.15, 0.2) is 0 Å². The topological polar surface area (TPSA) is 104 Å². The van der Waals surface area contributed by atoms with E-state index in [-0.39, 0.29) is 17.9 Å². The Bertz CT molecular complexity index is 1500.